The summed E-state index contributed by atoms with van der Waals surface area (Å²) in [6.07, 6.45) is 2.25. The van der Waals surface area contributed by atoms with Crippen LogP contribution in [0.4, 0.5) is 17.6 Å². The summed E-state index contributed by atoms with van der Waals surface area (Å²) < 4.78 is 76.6. The number of rotatable bonds is 13. The minimum atomic E-state index is -1.22. The highest BCUT2D eigenvalue weighted by Gasteiger charge is 2.33. The predicted octanol–water partition coefficient (Wildman–Crippen LogP) is 8.45. The number of nitrogens with zero attached hydrogens (tertiary/aromatic N) is 4. The Morgan fingerprint density at radius 3 is 1.48 bits per heavy atom. The molecule has 21 heteroatoms. The number of nitrogens with two attached hydrogens (primary N) is 1. The molecule has 6 aromatic carbocycles. The lowest BCUT2D eigenvalue weighted by molar-refractivity contribution is -0.129. The van der Waals surface area contributed by atoms with Crippen molar-refractivity contribution in [3.05, 3.63) is 166 Å². The van der Waals surface area contributed by atoms with E-state index in [1.807, 2.05) is 18.2 Å². The smallest absolute Gasteiger partial charge is 0.358 e. The number of nitrogens with one attached hydrogen (secondary N) is 1. The SMILES string of the molecule is C.N[C@H](CN1CCCC1)[C@H](O)c1cc(F)c2c(c1)OCCO2.O=C(N[C@H](CN1CCCC1)[C@H](O)c1cc(F)c2c(c1)OCCO2)C1=NOCc2cc(-c3ccc(F)cc3)ccc21.O=C(O)C1=NOCc2cc(-c3ccc(F)cc3)ccc21. The van der Waals surface area contributed by atoms with E-state index in [1.165, 1.54) is 49.2 Å². The molecule has 0 radical (unpaired) electrons. The van der Waals surface area contributed by atoms with E-state index in [0.717, 1.165) is 72.4 Å². The number of carbonyl (C=O) groups is 2. The monoisotopic (exact) mass is 1130 g/mol. The summed E-state index contributed by atoms with van der Waals surface area (Å²) in [5, 5.41) is 41.3. The highest BCUT2D eigenvalue weighted by atomic mass is 19.1. The van der Waals surface area contributed by atoms with Crippen LogP contribution in [0.5, 0.6) is 23.0 Å². The molecule has 0 aliphatic carbocycles. The summed E-state index contributed by atoms with van der Waals surface area (Å²) in [5.74, 6) is -2.71. The lowest BCUT2D eigenvalue weighted by atomic mass is 9.95. The maximum absolute atomic E-state index is 14.8. The van der Waals surface area contributed by atoms with E-state index in [-0.39, 0.29) is 79.7 Å². The summed E-state index contributed by atoms with van der Waals surface area (Å²) in [6.45, 7) is 6.32. The van der Waals surface area contributed by atoms with Gasteiger partial charge in [0.05, 0.1) is 12.1 Å². The number of hydrogen-bond acceptors (Lipinski definition) is 15. The fourth-order valence-corrected chi connectivity index (χ4v) is 10.4. The van der Waals surface area contributed by atoms with Gasteiger partial charge in [-0.2, -0.15) is 0 Å². The van der Waals surface area contributed by atoms with Gasteiger partial charge in [0.1, 0.15) is 57.4 Å². The lowest BCUT2D eigenvalue weighted by Gasteiger charge is -2.30. The molecular weight excluding hydrogens is 1070 g/mol. The number of fused-ring (bicyclic) bond motifs is 4. The zero-order valence-electron chi connectivity index (χ0n) is 44.0. The van der Waals surface area contributed by atoms with Gasteiger partial charge in [-0.05, 0) is 146 Å². The van der Waals surface area contributed by atoms with Gasteiger partial charge in [-0.15, -0.1) is 0 Å². The van der Waals surface area contributed by atoms with Crippen LogP contribution in [0.15, 0.2) is 120 Å². The number of carbonyl (C=O) groups excluding carboxylic acids is 1. The third-order valence-electron chi connectivity index (χ3n) is 14.6. The van der Waals surface area contributed by atoms with E-state index in [4.69, 9.17) is 39.5 Å². The maximum Gasteiger partial charge on any atom is 0.358 e. The molecule has 6 heterocycles. The van der Waals surface area contributed by atoms with Crippen LogP contribution < -0.4 is 30.0 Å². The second-order valence-electron chi connectivity index (χ2n) is 20.2. The molecule has 0 bridgehead atoms. The molecule has 17 nitrogen and oxygen atoms in total. The van der Waals surface area contributed by atoms with Crippen molar-refractivity contribution < 1.29 is 71.1 Å². The summed E-state index contributed by atoms with van der Waals surface area (Å²) >= 11 is 0. The summed E-state index contributed by atoms with van der Waals surface area (Å²) in [5.41, 5.74) is 12.8. The second-order valence-corrected chi connectivity index (χ2v) is 20.2. The van der Waals surface area contributed by atoms with Gasteiger partial charge in [0.2, 0.25) is 0 Å². The van der Waals surface area contributed by atoms with Gasteiger partial charge < -0.3 is 64.8 Å². The van der Waals surface area contributed by atoms with Gasteiger partial charge in [-0.3, -0.25) is 4.79 Å². The third-order valence-corrected chi connectivity index (χ3v) is 14.6. The Morgan fingerprint density at radius 1 is 0.561 bits per heavy atom. The van der Waals surface area contributed by atoms with E-state index in [0.29, 0.717) is 48.7 Å². The lowest BCUT2D eigenvalue weighted by Crippen LogP contribution is -2.49. The zero-order chi connectivity index (χ0) is 56.6. The summed E-state index contributed by atoms with van der Waals surface area (Å²) in [6, 6.07) is 27.6. The zero-order valence-corrected chi connectivity index (χ0v) is 44.0. The van der Waals surface area contributed by atoms with Crippen LogP contribution in [-0.2, 0) is 32.5 Å². The van der Waals surface area contributed by atoms with Gasteiger partial charge in [0, 0.05) is 41.4 Å². The first-order valence-corrected chi connectivity index (χ1v) is 26.7. The first-order chi connectivity index (χ1) is 39.3. The van der Waals surface area contributed by atoms with E-state index >= 15 is 0 Å². The number of halogens is 4. The molecule has 6 aromatic rings. The number of carboxylic acid groups (broad SMARTS) is 1. The van der Waals surface area contributed by atoms with Gasteiger partial charge in [-0.1, -0.05) is 66.3 Å². The Bertz CT molecular complexity index is 3300. The topological polar surface area (TPSA) is 219 Å². The Labute approximate surface area is 471 Å². The van der Waals surface area contributed by atoms with Gasteiger partial charge in [0.15, 0.2) is 46.1 Å². The number of amides is 1. The molecule has 6 aliphatic heterocycles. The van der Waals surface area contributed by atoms with Crippen molar-refractivity contribution in [1.82, 2.24) is 15.1 Å². The van der Waals surface area contributed by atoms with Gasteiger partial charge in [-0.25, -0.2) is 22.4 Å². The minimum Gasteiger partial charge on any atom is -0.486 e. The van der Waals surface area contributed by atoms with Crippen LogP contribution >= 0.6 is 0 Å². The van der Waals surface area contributed by atoms with E-state index in [1.54, 1.807) is 54.6 Å². The first-order valence-electron chi connectivity index (χ1n) is 26.7. The molecule has 0 saturated carbocycles. The molecule has 82 heavy (non-hydrogen) atoms. The number of hydrogen-bond donors (Lipinski definition) is 5. The average molecular weight is 1130 g/mol. The molecular formula is C61H64F4N6O11. The van der Waals surface area contributed by atoms with Gasteiger partial charge in [0.25, 0.3) is 5.91 Å². The van der Waals surface area contributed by atoms with E-state index in [9.17, 15) is 37.4 Å². The van der Waals surface area contributed by atoms with Crippen molar-refractivity contribution in [3.8, 4) is 45.3 Å². The fourth-order valence-electron chi connectivity index (χ4n) is 10.4. The number of aliphatic hydroxyl groups excluding tert-OH is 2. The average Bonchev–Trinajstić information content (AvgIpc) is 4.23. The van der Waals surface area contributed by atoms with Crippen molar-refractivity contribution >= 4 is 23.3 Å². The van der Waals surface area contributed by atoms with Gasteiger partial charge >= 0.3 is 5.97 Å². The quantitative estimate of drug-likeness (QED) is 0.0686. The molecule has 0 spiro atoms. The predicted molar refractivity (Wildman–Crippen MR) is 297 cm³/mol. The first kappa shape index (κ1) is 58.6. The van der Waals surface area contributed by atoms with Crippen molar-refractivity contribution in [1.29, 1.82) is 0 Å². The van der Waals surface area contributed by atoms with Crippen LogP contribution in [0, 0.1) is 23.3 Å². The summed E-state index contributed by atoms with van der Waals surface area (Å²) in [7, 11) is 0. The largest absolute Gasteiger partial charge is 0.486 e. The van der Waals surface area contributed by atoms with E-state index < -0.39 is 47.8 Å². The highest BCUT2D eigenvalue weighted by molar-refractivity contribution is 6.45. The molecule has 12 rings (SSSR count). The number of carboxylic acids is 1. The number of aliphatic hydroxyl groups is 2. The normalized spacial score (nSPS) is 17.4. The van der Waals surface area contributed by atoms with Crippen LogP contribution in [0.2, 0.25) is 0 Å². The van der Waals surface area contributed by atoms with Crippen LogP contribution in [0.3, 0.4) is 0 Å². The molecule has 6 N–H and O–H groups in total. The van der Waals surface area contributed by atoms with E-state index in [2.05, 4.69) is 25.4 Å². The third kappa shape index (κ3) is 13.8. The number of ether oxygens (including phenoxy) is 4. The molecule has 1 amide bonds. The Morgan fingerprint density at radius 2 is 0.988 bits per heavy atom. The number of aliphatic carboxylic acids is 1. The van der Waals surface area contributed by atoms with Crippen molar-refractivity contribution in [2.24, 2.45) is 16.0 Å². The molecule has 0 aromatic heterocycles. The van der Waals surface area contributed by atoms with Crippen LogP contribution in [0.1, 0.15) is 78.7 Å². The molecule has 4 atom stereocenters. The molecule has 2 fully saturated rings. The maximum atomic E-state index is 14.8. The highest BCUT2D eigenvalue weighted by Crippen LogP contribution is 2.38. The Kier molecular flexibility index (Phi) is 19.1. The Hall–Kier alpha value is -8.08. The minimum absolute atomic E-state index is 0. The van der Waals surface area contributed by atoms with Crippen molar-refractivity contribution in [2.45, 2.75) is 70.6 Å². The molecule has 0 unspecified atom stereocenters. The van der Waals surface area contributed by atoms with Crippen LogP contribution in [-0.4, -0.2) is 126 Å². The molecule has 6 aliphatic rings. The molecule has 2 saturated heterocycles. The Balaban J connectivity index is 0.000000162. The second kappa shape index (κ2) is 26.7. The molecule has 432 valence electrons. The number of likely N-dealkylation sites (tertiary alicyclic amines) is 2. The van der Waals surface area contributed by atoms with Crippen molar-refractivity contribution in [2.75, 3.05) is 65.7 Å². The van der Waals surface area contributed by atoms with Crippen molar-refractivity contribution in [3.63, 3.8) is 0 Å². The fraction of sp³-hybridized carbons (Fsp3) is 0.344. The number of benzene rings is 6. The summed E-state index contributed by atoms with van der Waals surface area (Å²) in [4.78, 5) is 39.3. The number of oxime groups is 2. The standard InChI is InChI=1S/C30H29F2N3O5.C15H21FN2O3.C15H10FNO3.CH4/c31-22-6-3-18(4-7-22)19-5-8-23-21(13-19)17-40-34-27(23)30(37)33-25(16-35-9-1-2-10-35)28(36)20-14-24(32)29-26(15-20)38-11-12-39-29;16-11-7-10(8-13-15(11)21-6-5-20-13)14(19)12(17)9-18-3-1-2-4-18;16-12-4-1-9(2-5-12)10-3-6-13-11(7-10)8-20-17-14(13)15(18)19;/h3-8,13-15,25,28,36H,1-2,9-12,16-17H2,(H,33,37);7-8,12,14,19H,1-6,9,17H2;1-7H,8H2,(H,18,19);1H4/t25-,28-;12-,14-;;/m11../s1. The van der Waals surface area contributed by atoms with Crippen LogP contribution in [0.25, 0.3) is 22.3 Å².